The van der Waals surface area contributed by atoms with Crippen LogP contribution < -0.4 is 16.4 Å². The van der Waals surface area contributed by atoms with Gasteiger partial charge in [-0.3, -0.25) is 4.79 Å². The molecule has 1 rings (SSSR count). The molecule has 1 unspecified atom stereocenters. The van der Waals surface area contributed by atoms with Crippen molar-refractivity contribution in [1.82, 2.24) is 10.6 Å². The van der Waals surface area contributed by atoms with Crippen LogP contribution in [0, 0.1) is 11.8 Å². The zero-order valence-corrected chi connectivity index (χ0v) is 19.2. The number of hydrogen-bond donors (Lipinski definition) is 5. The Bertz CT molecular complexity index is 628. The third kappa shape index (κ3) is 10.9. The first kappa shape index (κ1) is 28.3. The van der Waals surface area contributed by atoms with Gasteiger partial charge in [0.25, 0.3) is 0 Å². The lowest BCUT2D eigenvalue weighted by Gasteiger charge is -2.26. The number of hydrogen-bond acceptors (Lipinski definition) is 5. The van der Waals surface area contributed by atoms with Crippen LogP contribution >= 0.6 is 12.4 Å². The van der Waals surface area contributed by atoms with E-state index in [1.807, 2.05) is 58.0 Å². The molecule has 0 radical (unpaired) electrons. The molecule has 172 valence electrons. The van der Waals surface area contributed by atoms with Gasteiger partial charge in [-0.15, -0.1) is 12.4 Å². The summed E-state index contributed by atoms with van der Waals surface area (Å²) in [5, 5.41) is 25.5. The van der Waals surface area contributed by atoms with Gasteiger partial charge in [0.1, 0.15) is 6.04 Å². The predicted molar refractivity (Wildman–Crippen MR) is 122 cm³/mol. The van der Waals surface area contributed by atoms with Gasteiger partial charge in [-0.25, -0.2) is 4.79 Å². The summed E-state index contributed by atoms with van der Waals surface area (Å²) in [6, 6.07) is 7.47. The maximum atomic E-state index is 12.9. The number of carboxylic acid groups (broad SMARTS) is 1. The van der Waals surface area contributed by atoms with Crippen molar-refractivity contribution >= 4 is 24.3 Å². The zero-order valence-electron chi connectivity index (χ0n) is 18.4. The summed E-state index contributed by atoms with van der Waals surface area (Å²) in [4.78, 5) is 24.4. The highest BCUT2D eigenvalue weighted by Crippen LogP contribution is 2.09. The second kappa shape index (κ2) is 14.4. The maximum absolute atomic E-state index is 12.9. The third-order valence-corrected chi connectivity index (χ3v) is 4.73. The molecule has 0 aromatic heterocycles. The second-order valence-corrected chi connectivity index (χ2v) is 8.54. The van der Waals surface area contributed by atoms with Gasteiger partial charge < -0.3 is 26.6 Å². The fourth-order valence-electron chi connectivity index (χ4n) is 3.19. The van der Waals surface area contributed by atoms with Crippen LogP contribution in [0.5, 0.6) is 0 Å². The number of carbonyl (C=O) groups is 2. The van der Waals surface area contributed by atoms with E-state index in [0.717, 1.165) is 5.56 Å². The van der Waals surface area contributed by atoms with E-state index in [-0.39, 0.29) is 24.9 Å². The van der Waals surface area contributed by atoms with E-state index < -0.39 is 36.1 Å². The minimum atomic E-state index is -1.05. The van der Waals surface area contributed by atoms with Crippen molar-refractivity contribution in [2.24, 2.45) is 17.6 Å². The largest absolute Gasteiger partial charge is 0.480 e. The molecule has 1 amide bonds. The fraction of sp³-hybridized carbons (Fsp3) is 0.636. The summed E-state index contributed by atoms with van der Waals surface area (Å²) in [6.45, 7) is 8.04. The molecule has 7 nitrogen and oxygen atoms in total. The van der Waals surface area contributed by atoms with Gasteiger partial charge in [0.15, 0.2) is 0 Å². The van der Waals surface area contributed by atoms with Crippen molar-refractivity contribution in [2.45, 2.75) is 71.2 Å². The Labute approximate surface area is 186 Å². The number of halogens is 1. The van der Waals surface area contributed by atoms with Gasteiger partial charge in [0.05, 0.1) is 12.1 Å². The highest BCUT2D eigenvalue weighted by Gasteiger charge is 2.27. The monoisotopic (exact) mass is 443 g/mol. The average molecular weight is 444 g/mol. The van der Waals surface area contributed by atoms with Crippen molar-refractivity contribution in [1.29, 1.82) is 0 Å². The smallest absolute Gasteiger partial charge is 0.326 e. The molecule has 0 spiro atoms. The molecule has 0 saturated carbocycles. The van der Waals surface area contributed by atoms with Crippen LogP contribution in [0.3, 0.4) is 0 Å². The van der Waals surface area contributed by atoms with Gasteiger partial charge in [-0.2, -0.15) is 0 Å². The lowest BCUT2D eigenvalue weighted by Crippen LogP contribution is -2.54. The lowest BCUT2D eigenvalue weighted by molar-refractivity contribution is -0.142. The molecule has 8 heteroatoms. The molecular formula is C22H38ClN3O4. The number of carbonyl (C=O) groups excluding carboxylic acids is 1. The Kier molecular flexibility index (Phi) is 13.6. The van der Waals surface area contributed by atoms with E-state index >= 15 is 0 Å². The van der Waals surface area contributed by atoms with E-state index in [4.69, 9.17) is 5.73 Å². The topological polar surface area (TPSA) is 125 Å². The Hall–Kier alpha value is -1.67. The molecule has 0 fully saturated rings. The molecule has 1 aromatic rings. The highest BCUT2D eigenvalue weighted by molar-refractivity contribution is 5.87. The van der Waals surface area contributed by atoms with Crippen LogP contribution in [0.4, 0.5) is 0 Å². The van der Waals surface area contributed by atoms with Gasteiger partial charge in [-0.1, -0.05) is 58.0 Å². The summed E-state index contributed by atoms with van der Waals surface area (Å²) in [6.07, 6.45) is 0.608. The average Bonchev–Trinajstić information content (AvgIpc) is 2.63. The van der Waals surface area contributed by atoms with E-state index in [2.05, 4.69) is 10.6 Å². The van der Waals surface area contributed by atoms with Crippen LogP contribution in [-0.2, 0) is 16.0 Å². The maximum Gasteiger partial charge on any atom is 0.326 e. The van der Waals surface area contributed by atoms with Crippen molar-refractivity contribution in [3.63, 3.8) is 0 Å². The van der Waals surface area contributed by atoms with Crippen LogP contribution in [-0.4, -0.2) is 52.9 Å². The normalized spacial score (nSPS) is 15.2. The minimum absolute atomic E-state index is 0. The van der Waals surface area contributed by atoms with E-state index in [0.29, 0.717) is 25.2 Å². The van der Waals surface area contributed by atoms with E-state index in [1.165, 1.54) is 0 Å². The number of carboxylic acids is 1. The summed E-state index contributed by atoms with van der Waals surface area (Å²) in [5.74, 6) is -0.959. The third-order valence-electron chi connectivity index (χ3n) is 4.73. The number of nitrogens with one attached hydrogen (secondary N) is 2. The molecule has 0 aliphatic heterocycles. The first-order valence-corrected chi connectivity index (χ1v) is 10.3. The van der Waals surface area contributed by atoms with Crippen molar-refractivity contribution in [3.05, 3.63) is 35.9 Å². The van der Waals surface area contributed by atoms with Gasteiger partial charge in [0.2, 0.25) is 5.91 Å². The Morgan fingerprint density at radius 2 is 1.57 bits per heavy atom. The first-order valence-electron chi connectivity index (χ1n) is 10.3. The number of aliphatic carboxylic acids is 1. The van der Waals surface area contributed by atoms with Crippen LogP contribution in [0.25, 0.3) is 0 Å². The SMILES string of the molecule is CC(C)C[C@H](NC(=O)[C@H](Cc1ccccc1)NCC(O)[C@@H](N)CC(C)C)C(=O)O.Cl. The molecule has 0 heterocycles. The number of nitrogens with two attached hydrogens (primary N) is 1. The molecule has 6 N–H and O–H groups in total. The molecule has 0 saturated heterocycles. The van der Waals surface area contributed by atoms with Crippen molar-refractivity contribution < 1.29 is 19.8 Å². The second-order valence-electron chi connectivity index (χ2n) is 8.54. The molecule has 0 aliphatic carbocycles. The molecule has 0 aliphatic rings. The zero-order chi connectivity index (χ0) is 22.0. The molecule has 4 atom stereocenters. The van der Waals surface area contributed by atoms with Gasteiger partial charge in [0, 0.05) is 12.6 Å². The summed E-state index contributed by atoms with van der Waals surface area (Å²) in [7, 11) is 0. The van der Waals surface area contributed by atoms with Crippen LogP contribution in [0.2, 0.25) is 0 Å². The minimum Gasteiger partial charge on any atom is -0.480 e. The Morgan fingerprint density at radius 1 is 1.00 bits per heavy atom. The lowest BCUT2D eigenvalue weighted by atomic mass is 9.99. The highest BCUT2D eigenvalue weighted by atomic mass is 35.5. The van der Waals surface area contributed by atoms with Gasteiger partial charge in [-0.05, 0) is 36.7 Å². The Morgan fingerprint density at radius 3 is 2.07 bits per heavy atom. The van der Waals surface area contributed by atoms with Gasteiger partial charge >= 0.3 is 5.97 Å². The fourth-order valence-corrected chi connectivity index (χ4v) is 3.19. The number of rotatable bonds is 13. The number of aliphatic hydroxyl groups is 1. The summed E-state index contributed by atoms with van der Waals surface area (Å²) >= 11 is 0. The summed E-state index contributed by atoms with van der Waals surface area (Å²) in [5.41, 5.74) is 6.98. The quantitative estimate of drug-likeness (QED) is 0.317. The Balaban J connectivity index is 0.00000841. The van der Waals surface area contributed by atoms with Crippen LogP contribution in [0.15, 0.2) is 30.3 Å². The van der Waals surface area contributed by atoms with Crippen LogP contribution in [0.1, 0.15) is 46.1 Å². The molecule has 0 bridgehead atoms. The number of amides is 1. The summed E-state index contributed by atoms with van der Waals surface area (Å²) < 4.78 is 0. The standard InChI is InChI=1S/C22H37N3O4.ClH/c1-14(2)10-17(23)20(26)13-24-18(12-16-8-6-5-7-9-16)21(27)25-19(22(28)29)11-15(3)4;/h5-9,14-15,17-20,24,26H,10-13,23H2,1-4H3,(H,25,27)(H,28,29);1H/t17-,18-,19-,20?;/m0./s1. The molecular weight excluding hydrogens is 406 g/mol. The van der Waals surface area contributed by atoms with E-state index in [9.17, 15) is 19.8 Å². The van der Waals surface area contributed by atoms with E-state index in [1.54, 1.807) is 0 Å². The predicted octanol–water partition coefficient (Wildman–Crippen LogP) is 1.96. The van der Waals surface area contributed by atoms with Crippen molar-refractivity contribution in [2.75, 3.05) is 6.54 Å². The first-order chi connectivity index (χ1) is 13.6. The van der Waals surface area contributed by atoms with Crippen molar-refractivity contribution in [3.8, 4) is 0 Å². The molecule has 1 aromatic carbocycles. The number of benzene rings is 1. The number of aliphatic hydroxyl groups excluding tert-OH is 1. The molecule has 30 heavy (non-hydrogen) atoms.